The van der Waals surface area contributed by atoms with Crippen molar-refractivity contribution in [2.75, 3.05) is 5.73 Å². The van der Waals surface area contributed by atoms with Gasteiger partial charge in [0.2, 0.25) is 10.0 Å². The maximum atomic E-state index is 12.1. The molecule has 0 bridgehead atoms. The van der Waals surface area contributed by atoms with E-state index in [4.69, 9.17) is 10.8 Å². The van der Waals surface area contributed by atoms with Gasteiger partial charge in [0, 0.05) is 5.69 Å². The number of anilines is 1. The van der Waals surface area contributed by atoms with Crippen LogP contribution in [0.3, 0.4) is 0 Å². The van der Waals surface area contributed by atoms with Gasteiger partial charge in [0.15, 0.2) is 0 Å². The number of H-pyrrole nitrogens is 1. The van der Waals surface area contributed by atoms with Gasteiger partial charge in [-0.1, -0.05) is 0 Å². The summed E-state index contributed by atoms with van der Waals surface area (Å²) in [6, 6.07) is 3.54. The number of rotatable bonds is 5. The number of aromatic amines is 1. The molecule has 0 saturated heterocycles. The molecule has 0 spiro atoms. The van der Waals surface area contributed by atoms with E-state index in [2.05, 4.69) is 19.9 Å². The molecule has 20 heavy (non-hydrogen) atoms. The molecule has 1 aromatic carbocycles. The van der Waals surface area contributed by atoms with Gasteiger partial charge in [0.1, 0.15) is 12.2 Å². The van der Waals surface area contributed by atoms with Gasteiger partial charge < -0.3 is 10.8 Å². The van der Waals surface area contributed by atoms with Crippen LogP contribution >= 0.6 is 0 Å². The Morgan fingerprint density at radius 1 is 1.45 bits per heavy atom. The number of nitrogen functional groups attached to an aromatic ring is 1. The van der Waals surface area contributed by atoms with Crippen LogP contribution in [-0.2, 0) is 16.6 Å². The summed E-state index contributed by atoms with van der Waals surface area (Å²) in [6.45, 7) is -0.133. The highest BCUT2D eigenvalue weighted by atomic mass is 32.2. The van der Waals surface area contributed by atoms with Crippen LogP contribution in [0.4, 0.5) is 5.69 Å². The van der Waals surface area contributed by atoms with E-state index in [1.165, 1.54) is 12.4 Å². The van der Waals surface area contributed by atoms with E-state index < -0.39 is 21.6 Å². The van der Waals surface area contributed by atoms with Gasteiger partial charge in [-0.25, -0.2) is 22.9 Å². The Kier molecular flexibility index (Phi) is 3.68. The lowest BCUT2D eigenvalue weighted by atomic mass is 10.2. The van der Waals surface area contributed by atoms with Crippen LogP contribution < -0.4 is 10.5 Å². The summed E-state index contributed by atoms with van der Waals surface area (Å²) in [5, 5.41) is 15.1. The maximum absolute atomic E-state index is 12.1. The van der Waals surface area contributed by atoms with E-state index in [-0.39, 0.29) is 17.1 Å². The van der Waals surface area contributed by atoms with E-state index in [0.29, 0.717) is 5.82 Å². The number of sulfonamides is 1. The third-order valence-corrected chi connectivity index (χ3v) is 3.88. The second-order valence-electron chi connectivity index (χ2n) is 3.82. The van der Waals surface area contributed by atoms with E-state index in [9.17, 15) is 13.2 Å². The van der Waals surface area contributed by atoms with Crippen LogP contribution in [0.5, 0.6) is 0 Å². The molecule has 0 fully saturated rings. The van der Waals surface area contributed by atoms with E-state index >= 15 is 0 Å². The number of aromatic carboxylic acids is 1. The van der Waals surface area contributed by atoms with Crippen LogP contribution in [-0.4, -0.2) is 34.7 Å². The van der Waals surface area contributed by atoms with Crippen molar-refractivity contribution in [2.24, 2.45) is 0 Å². The monoisotopic (exact) mass is 297 g/mol. The zero-order valence-electron chi connectivity index (χ0n) is 10.1. The van der Waals surface area contributed by atoms with Gasteiger partial charge >= 0.3 is 5.97 Å². The van der Waals surface area contributed by atoms with Crippen LogP contribution in [0, 0.1) is 0 Å². The molecule has 0 unspecified atom stereocenters. The summed E-state index contributed by atoms with van der Waals surface area (Å²) in [6.07, 6.45) is 1.23. The van der Waals surface area contributed by atoms with Gasteiger partial charge in [0.05, 0.1) is 17.0 Å². The summed E-state index contributed by atoms with van der Waals surface area (Å²) in [5.74, 6) is -1.07. The molecule has 0 amide bonds. The Morgan fingerprint density at radius 3 is 2.80 bits per heavy atom. The Morgan fingerprint density at radius 2 is 2.20 bits per heavy atom. The predicted molar refractivity (Wildman–Crippen MR) is 68.2 cm³/mol. The van der Waals surface area contributed by atoms with Crippen molar-refractivity contribution in [3.63, 3.8) is 0 Å². The van der Waals surface area contributed by atoms with Crippen LogP contribution in [0.1, 0.15) is 16.2 Å². The normalized spacial score (nSPS) is 11.4. The Labute approximate surface area is 113 Å². The van der Waals surface area contributed by atoms with Crippen LogP contribution in [0.25, 0.3) is 0 Å². The fraction of sp³-hybridized carbons (Fsp3) is 0.100. The van der Waals surface area contributed by atoms with Crippen LogP contribution in [0.2, 0.25) is 0 Å². The lowest BCUT2D eigenvalue weighted by molar-refractivity contribution is 0.0692. The average Bonchev–Trinajstić information content (AvgIpc) is 2.89. The van der Waals surface area contributed by atoms with E-state index in [0.717, 1.165) is 12.1 Å². The van der Waals surface area contributed by atoms with E-state index in [1.54, 1.807) is 0 Å². The first-order valence-corrected chi connectivity index (χ1v) is 6.85. The molecule has 2 aromatic rings. The number of nitrogens with one attached hydrogen (secondary N) is 2. The number of hydrogen-bond acceptors (Lipinski definition) is 6. The molecule has 0 aliphatic carbocycles. The third kappa shape index (κ3) is 2.92. The molecule has 9 nitrogen and oxygen atoms in total. The minimum atomic E-state index is -4.00. The molecule has 5 N–H and O–H groups in total. The molecule has 106 valence electrons. The maximum Gasteiger partial charge on any atom is 0.337 e. The zero-order chi connectivity index (χ0) is 14.8. The fourth-order valence-electron chi connectivity index (χ4n) is 1.51. The second kappa shape index (κ2) is 5.27. The quantitative estimate of drug-likeness (QED) is 0.546. The van der Waals surface area contributed by atoms with Gasteiger partial charge in [0.25, 0.3) is 0 Å². The van der Waals surface area contributed by atoms with Crippen molar-refractivity contribution in [2.45, 2.75) is 11.4 Å². The molecule has 1 heterocycles. The molecule has 0 aliphatic rings. The molecule has 0 atom stereocenters. The molecule has 0 radical (unpaired) electrons. The highest BCUT2D eigenvalue weighted by Crippen LogP contribution is 2.19. The molecule has 1 aromatic heterocycles. The van der Waals surface area contributed by atoms with Gasteiger partial charge in [-0.15, -0.1) is 0 Å². The lowest BCUT2D eigenvalue weighted by Crippen LogP contribution is -2.25. The molecule has 2 rings (SSSR count). The molecule has 0 saturated carbocycles. The molecular formula is C10H11N5O4S. The predicted octanol–water partition coefficient (Wildman–Crippen LogP) is -0.436. The second-order valence-corrected chi connectivity index (χ2v) is 5.55. The first-order chi connectivity index (χ1) is 9.40. The molecule has 10 heteroatoms. The minimum absolute atomic E-state index is 0.133. The van der Waals surface area contributed by atoms with Gasteiger partial charge in [-0.05, 0) is 18.2 Å². The summed E-state index contributed by atoms with van der Waals surface area (Å²) in [4.78, 5) is 14.5. The van der Waals surface area contributed by atoms with Crippen molar-refractivity contribution in [1.82, 2.24) is 19.9 Å². The summed E-state index contributed by atoms with van der Waals surface area (Å²) < 4.78 is 26.4. The highest BCUT2D eigenvalue weighted by molar-refractivity contribution is 7.89. The number of nitrogens with zero attached hydrogens (tertiary/aromatic N) is 2. The highest BCUT2D eigenvalue weighted by Gasteiger charge is 2.22. The standard InChI is InChI=1S/C10H11N5O4S/c11-6-1-2-8(7(3-6)10(16)17)20(18,19)14-4-9-12-5-13-15-9/h1-3,5,14H,4,11H2,(H,16,17)(H,12,13,15). The third-order valence-electron chi connectivity index (χ3n) is 2.42. The first-order valence-electron chi connectivity index (χ1n) is 5.37. The number of carbonyl (C=O) groups is 1. The van der Waals surface area contributed by atoms with Crippen molar-refractivity contribution in [3.8, 4) is 0 Å². The number of aromatic nitrogens is 3. The average molecular weight is 297 g/mol. The van der Waals surface area contributed by atoms with Crippen LogP contribution in [0.15, 0.2) is 29.4 Å². The Hall–Kier alpha value is -2.46. The Balaban J connectivity index is 2.31. The fourth-order valence-corrected chi connectivity index (χ4v) is 2.67. The van der Waals surface area contributed by atoms with Gasteiger partial charge in [-0.3, -0.25) is 5.10 Å². The summed E-state index contributed by atoms with van der Waals surface area (Å²) in [5.41, 5.74) is 5.23. The summed E-state index contributed by atoms with van der Waals surface area (Å²) in [7, 11) is -4.00. The number of carboxylic acids is 1. The first kappa shape index (κ1) is 14.0. The van der Waals surface area contributed by atoms with Crippen molar-refractivity contribution >= 4 is 21.7 Å². The minimum Gasteiger partial charge on any atom is -0.478 e. The number of nitrogens with two attached hydrogens (primary N) is 1. The topological polar surface area (TPSA) is 151 Å². The van der Waals surface area contributed by atoms with Crippen molar-refractivity contribution < 1.29 is 18.3 Å². The zero-order valence-corrected chi connectivity index (χ0v) is 10.9. The number of hydrogen-bond donors (Lipinski definition) is 4. The van der Waals surface area contributed by atoms with Gasteiger partial charge in [-0.2, -0.15) is 5.10 Å². The van der Waals surface area contributed by atoms with Crippen molar-refractivity contribution in [1.29, 1.82) is 0 Å². The van der Waals surface area contributed by atoms with E-state index in [1.807, 2.05) is 0 Å². The smallest absolute Gasteiger partial charge is 0.337 e. The SMILES string of the molecule is Nc1ccc(S(=O)(=O)NCc2ncn[nH]2)c(C(=O)O)c1. The lowest BCUT2D eigenvalue weighted by Gasteiger charge is -2.09. The number of benzene rings is 1. The molecular weight excluding hydrogens is 286 g/mol. The largest absolute Gasteiger partial charge is 0.478 e. The van der Waals surface area contributed by atoms with Crippen molar-refractivity contribution in [3.05, 3.63) is 35.9 Å². The molecule has 0 aliphatic heterocycles. The number of carboxylic acid groups (broad SMARTS) is 1. The Bertz CT molecular complexity index is 726. The summed E-state index contributed by atoms with van der Waals surface area (Å²) >= 11 is 0.